The Balaban J connectivity index is 2.07. The lowest BCUT2D eigenvalue weighted by atomic mass is 10.0. The summed E-state index contributed by atoms with van der Waals surface area (Å²) in [7, 11) is 0. The number of Topliss-reactive ketones (excluding diaryl/α,β-unsaturated/α-hetero) is 1. The number of thioether (sulfide) groups is 1. The van der Waals surface area contributed by atoms with E-state index in [0.29, 0.717) is 28.4 Å². The summed E-state index contributed by atoms with van der Waals surface area (Å²) in [4.78, 5) is 25.2. The number of carbonyl (C=O) groups is 1. The van der Waals surface area contributed by atoms with E-state index in [2.05, 4.69) is 17.1 Å². The number of para-hydroxylation sites is 1. The van der Waals surface area contributed by atoms with Crippen LogP contribution in [0.3, 0.4) is 0 Å². The molecule has 2 aromatic heterocycles. The van der Waals surface area contributed by atoms with Crippen LogP contribution in [0, 0.1) is 22.7 Å². The Morgan fingerprint density at radius 2 is 2.11 bits per heavy atom. The Morgan fingerprint density at radius 1 is 1.36 bits per heavy atom. The number of aryl methyl sites for hydroxylation is 1. The predicted molar refractivity (Wildman–Crippen MR) is 108 cm³/mol. The first-order chi connectivity index (χ1) is 13.5. The van der Waals surface area contributed by atoms with Crippen LogP contribution in [0.25, 0.3) is 16.7 Å². The van der Waals surface area contributed by atoms with Gasteiger partial charge in [-0.15, -0.1) is 10.2 Å². The van der Waals surface area contributed by atoms with Gasteiger partial charge in [-0.1, -0.05) is 37.2 Å². The quantitative estimate of drug-likeness (QED) is 0.462. The molecule has 2 heterocycles. The van der Waals surface area contributed by atoms with Crippen LogP contribution in [0.5, 0.6) is 0 Å². The van der Waals surface area contributed by atoms with Crippen LogP contribution in [0.1, 0.15) is 26.7 Å². The second-order valence-electron chi connectivity index (χ2n) is 6.45. The van der Waals surface area contributed by atoms with Crippen molar-refractivity contribution in [2.75, 3.05) is 5.75 Å². The van der Waals surface area contributed by atoms with E-state index in [1.807, 2.05) is 24.3 Å². The lowest BCUT2D eigenvalue weighted by molar-refractivity contribution is -0.117. The van der Waals surface area contributed by atoms with Gasteiger partial charge in [0.15, 0.2) is 10.9 Å². The van der Waals surface area contributed by atoms with Gasteiger partial charge >= 0.3 is 0 Å². The molecule has 0 amide bonds. The normalized spacial score (nSPS) is 12.2. The molecule has 0 radical (unpaired) electrons. The molecule has 0 saturated heterocycles. The zero-order chi connectivity index (χ0) is 20.3. The highest BCUT2D eigenvalue weighted by atomic mass is 32.2. The number of hydrogen-bond acceptors (Lipinski definition) is 7. The van der Waals surface area contributed by atoms with Crippen LogP contribution in [0.2, 0.25) is 0 Å². The van der Waals surface area contributed by atoms with Crippen LogP contribution in [-0.4, -0.2) is 36.4 Å². The second kappa shape index (κ2) is 8.35. The summed E-state index contributed by atoms with van der Waals surface area (Å²) in [6.07, 6.45) is 1.78. The van der Waals surface area contributed by atoms with Crippen molar-refractivity contribution < 1.29 is 4.79 Å². The SMILES string of the molecule is CCCCn1c(=O)c2ccccc2n2c(SCC(=O)[C@@H](C#N)C(C)=N)nnc12. The number of nitrogens with one attached hydrogen (secondary N) is 1. The number of nitrogens with zero attached hydrogens (tertiary/aromatic N) is 5. The maximum Gasteiger partial charge on any atom is 0.262 e. The van der Waals surface area contributed by atoms with Crippen molar-refractivity contribution in [2.24, 2.45) is 5.92 Å². The van der Waals surface area contributed by atoms with Crippen LogP contribution in [0.15, 0.2) is 34.2 Å². The third-order valence-electron chi connectivity index (χ3n) is 4.44. The van der Waals surface area contributed by atoms with Crippen molar-refractivity contribution in [1.82, 2.24) is 19.2 Å². The standard InChI is InChI=1S/C19H20N6O2S/c1-3-4-9-24-17(27)13-7-5-6-8-15(13)25-18(24)22-23-19(25)28-11-16(26)14(10-20)12(2)21/h5-8,14,21H,3-4,9,11H2,1-2H3/t14-/m0/s1. The summed E-state index contributed by atoms with van der Waals surface area (Å²) < 4.78 is 3.40. The average Bonchev–Trinajstić information content (AvgIpc) is 3.10. The predicted octanol–water partition coefficient (Wildman–Crippen LogP) is 2.68. The Labute approximate surface area is 165 Å². The second-order valence-corrected chi connectivity index (χ2v) is 7.39. The number of carbonyl (C=O) groups excluding carboxylic acids is 1. The molecule has 144 valence electrons. The van der Waals surface area contributed by atoms with Crippen molar-refractivity contribution >= 4 is 39.9 Å². The number of hydrogen-bond donors (Lipinski definition) is 1. The molecule has 3 rings (SSSR count). The molecule has 0 aliphatic carbocycles. The molecule has 28 heavy (non-hydrogen) atoms. The van der Waals surface area contributed by atoms with Gasteiger partial charge in [0.25, 0.3) is 5.56 Å². The Hall–Kier alpha value is -2.99. The van der Waals surface area contributed by atoms with Crippen LogP contribution >= 0.6 is 11.8 Å². The van der Waals surface area contributed by atoms with E-state index in [0.717, 1.165) is 24.6 Å². The van der Waals surface area contributed by atoms with Crippen molar-refractivity contribution in [3.05, 3.63) is 34.6 Å². The molecule has 8 nitrogen and oxygen atoms in total. The summed E-state index contributed by atoms with van der Waals surface area (Å²) in [5.41, 5.74) is 0.592. The first kappa shape index (κ1) is 19.8. The number of ketones is 1. The molecule has 0 spiro atoms. The molecule has 0 fully saturated rings. The lowest BCUT2D eigenvalue weighted by Gasteiger charge is -2.11. The number of aromatic nitrogens is 4. The molecule has 0 bridgehead atoms. The van der Waals surface area contributed by atoms with E-state index in [1.165, 1.54) is 6.92 Å². The maximum absolute atomic E-state index is 12.9. The van der Waals surface area contributed by atoms with E-state index in [9.17, 15) is 9.59 Å². The minimum absolute atomic E-state index is 0.00233. The molecule has 0 aliphatic heterocycles. The molecule has 1 N–H and O–H groups in total. The largest absolute Gasteiger partial charge is 0.308 e. The van der Waals surface area contributed by atoms with Gasteiger partial charge in [0.1, 0.15) is 5.92 Å². The number of rotatable bonds is 8. The monoisotopic (exact) mass is 396 g/mol. The Kier molecular flexibility index (Phi) is 5.90. The first-order valence-corrected chi connectivity index (χ1v) is 9.95. The lowest BCUT2D eigenvalue weighted by Crippen LogP contribution is -2.23. The molecule has 1 atom stereocenters. The molecule has 0 aliphatic rings. The van der Waals surface area contributed by atoms with Crippen molar-refractivity contribution in [1.29, 1.82) is 10.7 Å². The van der Waals surface area contributed by atoms with Gasteiger partial charge in [0.05, 0.1) is 22.7 Å². The molecule has 0 unspecified atom stereocenters. The van der Waals surface area contributed by atoms with Crippen molar-refractivity contribution in [3.8, 4) is 6.07 Å². The van der Waals surface area contributed by atoms with Gasteiger partial charge in [-0.05, 0) is 25.5 Å². The molecular weight excluding hydrogens is 376 g/mol. The maximum atomic E-state index is 12.9. The summed E-state index contributed by atoms with van der Waals surface area (Å²) >= 11 is 1.16. The highest BCUT2D eigenvalue weighted by Gasteiger charge is 2.22. The minimum Gasteiger partial charge on any atom is -0.308 e. The van der Waals surface area contributed by atoms with Crippen LogP contribution < -0.4 is 5.56 Å². The fraction of sp³-hybridized carbons (Fsp3) is 0.368. The zero-order valence-corrected chi connectivity index (χ0v) is 16.5. The van der Waals surface area contributed by atoms with Crippen LogP contribution in [-0.2, 0) is 11.3 Å². The smallest absolute Gasteiger partial charge is 0.262 e. The van der Waals surface area contributed by atoms with Crippen molar-refractivity contribution in [2.45, 2.75) is 38.4 Å². The number of unbranched alkanes of at least 4 members (excludes halogenated alkanes) is 1. The average molecular weight is 396 g/mol. The summed E-state index contributed by atoms with van der Waals surface area (Å²) in [6.45, 7) is 4.04. The van der Waals surface area contributed by atoms with E-state index >= 15 is 0 Å². The fourth-order valence-electron chi connectivity index (χ4n) is 2.97. The summed E-state index contributed by atoms with van der Waals surface area (Å²) in [6, 6.07) is 9.10. The van der Waals surface area contributed by atoms with E-state index in [-0.39, 0.29) is 22.8 Å². The fourth-order valence-corrected chi connectivity index (χ4v) is 3.82. The number of nitriles is 1. The Bertz CT molecular complexity index is 1160. The highest BCUT2D eigenvalue weighted by molar-refractivity contribution is 7.99. The number of benzene rings is 1. The molecule has 3 aromatic rings. The number of fused-ring (bicyclic) bond motifs is 3. The molecule has 0 saturated carbocycles. The summed E-state index contributed by atoms with van der Waals surface area (Å²) in [5.74, 6) is -0.962. The zero-order valence-electron chi connectivity index (χ0n) is 15.7. The van der Waals surface area contributed by atoms with Gasteiger partial charge < -0.3 is 5.41 Å². The topological polar surface area (TPSA) is 117 Å². The van der Waals surface area contributed by atoms with E-state index < -0.39 is 5.92 Å². The van der Waals surface area contributed by atoms with E-state index in [4.69, 9.17) is 10.7 Å². The van der Waals surface area contributed by atoms with Gasteiger partial charge in [-0.2, -0.15) is 5.26 Å². The summed E-state index contributed by atoms with van der Waals surface area (Å²) in [5, 5.41) is 26.1. The highest BCUT2D eigenvalue weighted by Crippen LogP contribution is 2.22. The van der Waals surface area contributed by atoms with Gasteiger partial charge in [-0.3, -0.25) is 18.6 Å². The Morgan fingerprint density at radius 3 is 2.79 bits per heavy atom. The first-order valence-electron chi connectivity index (χ1n) is 8.96. The van der Waals surface area contributed by atoms with Gasteiger partial charge in [0.2, 0.25) is 5.78 Å². The van der Waals surface area contributed by atoms with E-state index in [1.54, 1.807) is 15.0 Å². The third-order valence-corrected chi connectivity index (χ3v) is 5.39. The van der Waals surface area contributed by atoms with Crippen molar-refractivity contribution in [3.63, 3.8) is 0 Å². The molecule has 1 aromatic carbocycles. The molecule has 9 heteroatoms. The van der Waals surface area contributed by atoms with Gasteiger partial charge in [0, 0.05) is 12.3 Å². The van der Waals surface area contributed by atoms with Crippen LogP contribution in [0.4, 0.5) is 0 Å². The molecular formula is C19H20N6O2S. The van der Waals surface area contributed by atoms with Gasteiger partial charge in [-0.25, -0.2) is 0 Å². The minimum atomic E-state index is -1.05. The third kappa shape index (κ3) is 3.55.